The minimum Gasteiger partial charge on any atom is -0.311 e. The summed E-state index contributed by atoms with van der Waals surface area (Å²) in [5, 5.41) is 5.04. The summed E-state index contributed by atoms with van der Waals surface area (Å²) in [6.07, 6.45) is 0. The quantitative estimate of drug-likeness (QED) is 0.154. The van der Waals surface area contributed by atoms with Crippen LogP contribution in [0.25, 0.3) is 77.2 Å². The average Bonchev–Trinajstić information content (AvgIpc) is 0.718. The van der Waals surface area contributed by atoms with Gasteiger partial charge in [-0.2, -0.15) is 0 Å². The Labute approximate surface area is 685 Å². The van der Waals surface area contributed by atoms with E-state index in [1.54, 1.807) is 0 Å². The number of anilines is 6. The van der Waals surface area contributed by atoms with Crippen LogP contribution in [0.3, 0.4) is 0 Å². The van der Waals surface area contributed by atoms with Crippen LogP contribution in [0, 0.1) is 0 Å². The summed E-state index contributed by atoms with van der Waals surface area (Å²) in [6.45, 7) is 49.2. The van der Waals surface area contributed by atoms with Crippen LogP contribution in [0.15, 0.2) is 268 Å². The Balaban J connectivity index is 0.988. The second kappa shape index (κ2) is 25.7. The van der Waals surface area contributed by atoms with Gasteiger partial charge in [-0.25, -0.2) is 0 Å². The van der Waals surface area contributed by atoms with Crippen LogP contribution < -0.4 is 42.6 Å². The molecule has 114 heavy (non-hydrogen) atoms. The van der Waals surface area contributed by atoms with E-state index in [2.05, 4.69) is 413 Å². The Morgan fingerprint density at radius 1 is 0.237 bits per heavy atom. The zero-order valence-corrected chi connectivity index (χ0v) is 72.1. The number of fused-ring (bicyclic) bond motifs is 14. The van der Waals surface area contributed by atoms with Crippen LogP contribution in [0.2, 0.25) is 0 Å². The second-order valence-electron chi connectivity index (χ2n) is 40.3. The van der Waals surface area contributed by atoms with Crippen LogP contribution in [0.1, 0.15) is 184 Å². The fourth-order valence-corrected chi connectivity index (χ4v) is 21.2. The number of rotatable bonds is 6. The molecule has 6 heterocycles. The van der Waals surface area contributed by atoms with Crippen molar-refractivity contribution in [3.63, 3.8) is 0 Å². The molecule has 4 nitrogen and oxygen atoms in total. The van der Waals surface area contributed by atoms with Crippen molar-refractivity contribution in [2.75, 3.05) is 9.80 Å². The highest BCUT2D eigenvalue weighted by Gasteiger charge is 2.48. The molecular weight excluding hydrogens is 1410 g/mol. The Bertz CT molecular complexity index is 6320. The molecule has 19 rings (SSSR count). The molecule has 0 saturated carbocycles. The maximum atomic E-state index is 2.78. The molecule has 0 radical (unpaired) electrons. The number of para-hydroxylation sites is 1. The third kappa shape index (κ3) is 12.0. The summed E-state index contributed by atoms with van der Waals surface area (Å²) >= 11 is 3.94. The first-order chi connectivity index (χ1) is 53.9. The molecule has 0 N–H and O–H groups in total. The van der Waals surface area contributed by atoms with Crippen molar-refractivity contribution in [3.8, 4) is 33.6 Å². The standard InChI is InChI=1S/C106H104B2N4S2/c1-100(2,3)65-35-43-72(44-36-65)109-89-62-90-84(61-83(89)107-81-49-41-70(105(16,17)18)55-93(81)113-95-59-73(57-91(109)97(95)107)110-85-51-66(101(4,5)6)37-45-77(85)78-46-38-67(52-86(78)110)102(7,8)9)108-82-50-42-71(106(19,20)21)56-94(82)114-96-60-74(111-87-53-68(103(10,11)12)39-47-79(87)80-48-40-69(54-88(80)111)104(13,14)15)58-92(98(96)108)112(90)99-75(63-29-24-22-25-30-63)33-28-34-76(99)64-31-26-23-27-32-64/h22-62H,1-21H3. The zero-order valence-electron chi connectivity index (χ0n) is 70.4. The van der Waals surface area contributed by atoms with E-state index in [1.165, 1.54) is 152 Å². The van der Waals surface area contributed by atoms with Gasteiger partial charge in [-0.05, 0) is 189 Å². The summed E-state index contributed by atoms with van der Waals surface area (Å²) in [6, 6.07) is 99.2. The SMILES string of the molecule is CC(C)(C)c1ccc(N2c3cc4c(cc3B3c5ccc(C(C)(C)C)cc5Sc5cc(-n6c7cc(C(C)(C)C)ccc7c7ccc(C(C)(C)C)cc76)cc2c53)B2c3ccc(C(C)(C)C)cc3Sc3cc(-n5c6cc(C(C)(C)C)ccc6c6ccc(C(C)(C)C)cc65)cc(c32)N4c2c(-c3ccccc3)cccc2-c2ccccc2)cc1. The lowest BCUT2D eigenvalue weighted by molar-refractivity contribution is 0.588. The molecule has 8 heteroatoms. The molecule has 13 aromatic carbocycles. The molecule has 4 aliphatic rings. The van der Waals surface area contributed by atoms with E-state index in [1.807, 2.05) is 23.5 Å². The molecule has 0 fully saturated rings. The number of benzene rings is 13. The summed E-state index contributed by atoms with van der Waals surface area (Å²) in [5.74, 6) is 0. The van der Waals surface area contributed by atoms with Gasteiger partial charge in [0, 0.05) is 92.1 Å². The zero-order chi connectivity index (χ0) is 79.7. The summed E-state index contributed by atoms with van der Waals surface area (Å²) in [5.41, 5.74) is 35.4. The fraction of sp³-hybridized carbons (Fsp3) is 0.264. The average molecular weight is 1520 g/mol. The molecule has 0 amide bonds. The summed E-state index contributed by atoms with van der Waals surface area (Å²) in [7, 11) is 0. The van der Waals surface area contributed by atoms with Crippen molar-refractivity contribution < 1.29 is 0 Å². The predicted octanol–water partition coefficient (Wildman–Crippen LogP) is 25.8. The van der Waals surface area contributed by atoms with E-state index in [0.29, 0.717) is 0 Å². The predicted molar refractivity (Wildman–Crippen MR) is 497 cm³/mol. The van der Waals surface area contributed by atoms with Crippen molar-refractivity contribution in [3.05, 3.63) is 288 Å². The van der Waals surface area contributed by atoms with E-state index in [9.17, 15) is 0 Å². The largest absolute Gasteiger partial charge is 0.311 e. The van der Waals surface area contributed by atoms with Gasteiger partial charge in [-0.3, -0.25) is 0 Å². The minimum absolute atomic E-state index is 0.0817. The maximum absolute atomic E-state index is 2.78. The van der Waals surface area contributed by atoms with Crippen molar-refractivity contribution in [2.45, 2.75) is 203 Å². The van der Waals surface area contributed by atoms with Gasteiger partial charge < -0.3 is 18.9 Å². The fourth-order valence-electron chi connectivity index (χ4n) is 18.7. The Morgan fingerprint density at radius 2 is 0.561 bits per heavy atom. The molecule has 0 aliphatic carbocycles. The van der Waals surface area contributed by atoms with Crippen LogP contribution in [0.4, 0.5) is 34.1 Å². The molecule has 2 aromatic heterocycles. The number of hydrogen-bond acceptors (Lipinski definition) is 4. The first-order valence-electron chi connectivity index (χ1n) is 41.3. The van der Waals surface area contributed by atoms with Crippen LogP contribution in [0.5, 0.6) is 0 Å². The molecule has 15 aromatic rings. The van der Waals surface area contributed by atoms with Crippen molar-refractivity contribution in [1.29, 1.82) is 0 Å². The topological polar surface area (TPSA) is 16.3 Å². The van der Waals surface area contributed by atoms with Gasteiger partial charge in [0.2, 0.25) is 13.4 Å². The van der Waals surface area contributed by atoms with Gasteiger partial charge in [0.25, 0.3) is 0 Å². The highest BCUT2D eigenvalue weighted by molar-refractivity contribution is 8.00. The van der Waals surface area contributed by atoms with E-state index < -0.39 is 0 Å². The Morgan fingerprint density at radius 3 is 0.921 bits per heavy atom. The maximum Gasteiger partial charge on any atom is 0.249 e. The Hall–Kier alpha value is -10.1. The smallest absolute Gasteiger partial charge is 0.249 e. The third-order valence-corrected chi connectivity index (χ3v) is 27.6. The van der Waals surface area contributed by atoms with E-state index >= 15 is 0 Å². The molecule has 0 bridgehead atoms. The van der Waals surface area contributed by atoms with Crippen LogP contribution in [-0.4, -0.2) is 22.6 Å². The van der Waals surface area contributed by atoms with E-state index in [4.69, 9.17) is 0 Å². The second-order valence-corrected chi connectivity index (χ2v) is 42.5. The van der Waals surface area contributed by atoms with Gasteiger partial charge in [0.05, 0.1) is 27.8 Å². The highest BCUT2D eigenvalue weighted by Crippen LogP contribution is 2.54. The van der Waals surface area contributed by atoms with Crippen molar-refractivity contribution in [1.82, 2.24) is 9.13 Å². The van der Waals surface area contributed by atoms with Crippen molar-refractivity contribution >= 4 is 147 Å². The number of nitrogens with zero attached hydrogens (tertiary/aromatic N) is 4. The van der Waals surface area contributed by atoms with Gasteiger partial charge in [-0.1, -0.05) is 350 Å². The van der Waals surface area contributed by atoms with Gasteiger partial charge >= 0.3 is 0 Å². The molecule has 0 saturated heterocycles. The van der Waals surface area contributed by atoms with Gasteiger partial charge in [-0.15, -0.1) is 0 Å². The minimum atomic E-state index is -0.164. The summed E-state index contributed by atoms with van der Waals surface area (Å²) in [4.78, 5) is 10.7. The lowest BCUT2D eigenvalue weighted by Crippen LogP contribution is -2.64. The normalized spacial score (nSPS) is 14.2. The van der Waals surface area contributed by atoms with Crippen LogP contribution >= 0.6 is 23.5 Å². The van der Waals surface area contributed by atoms with Crippen molar-refractivity contribution in [2.24, 2.45) is 0 Å². The lowest BCUT2D eigenvalue weighted by atomic mass is 9.31. The first-order valence-corrected chi connectivity index (χ1v) is 42.9. The number of aromatic nitrogens is 2. The molecule has 0 spiro atoms. The van der Waals surface area contributed by atoms with E-state index in [0.717, 1.165) is 50.7 Å². The molecular formula is C106H104B2N4S2. The monoisotopic (exact) mass is 1520 g/mol. The highest BCUT2D eigenvalue weighted by atomic mass is 32.2. The van der Waals surface area contributed by atoms with Crippen LogP contribution in [-0.2, 0) is 37.9 Å². The first kappa shape index (κ1) is 74.0. The molecule has 4 aliphatic heterocycles. The third-order valence-electron chi connectivity index (χ3n) is 25.3. The number of hydrogen-bond donors (Lipinski definition) is 0. The molecule has 566 valence electrons. The Kier molecular flexibility index (Phi) is 16.7. The summed E-state index contributed by atoms with van der Waals surface area (Å²) < 4.78 is 5.29. The molecule has 0 unspecified atom stereocenters. The van der Waals surface area contributed by atoms with Gasteiger partial charge in [0.1, 0.15) is 0 Å². The van der Waals surface area contributed by atoms with E-state index in [-0.39, 0.29) is 51.3 Å². The molecule has 0 atom stereocenters. The van der Waals surface area contributed by atoms with Gasteiger partial charge in [0.15, 0.2) is 0 Å². The lowest BCUT2D eigenvalue weighted by Gasteiger charge is -2.45.